The molecule has 0 fully saturated rings. The molecule has 0 spiro atoms. The van der Waals surface area contributed by atoms with Gasteiger partial charge in [0, 0.05) is 6.07 Å². The van der Waals surface area contributed by atoms with E-state index in [-0.39, 0.29) is 18.9 Å². The lowest BCUT2D eigenvalue weighted by molar-refractivity contribution is -0.147. The Balaban J connectivity index is 1.84. The van der Waals surface area contributed by atoms with Crippen LogP contribution in [-0.4, -0.2) is 32.7 Å². The lowest BCUT2D eigenvalue weighted by Crippen LogP contribution is -2.21. The average molecular weight is 357 g/mol. The van der Waals surface area contributed by atoms with Crippen molar-refractivity contribution < 1.29 is 23.8 Å². The van der Waals surface area contributed by atoms with E-state index in [2.05, 4.69) is 5.32 Å². The molecule has 1 atom stereocenters. The van der Waals surface area contributed by atoms with Gasteiger partial charge >= 0.3 is 5.97 Å². The van der Waals surface area contributed by atoms with Gasteiger partial charge in [0.2, 0.25) is 0 Å². The molecule has 0 aliphatic rings. The maximum absolute atomic E-state index is 12.0. The second-order valence-electron chi connectivity index (χ2n) is 5.79. The molecule has 6 heteroatoms. The van der Waals surface area contributed by atoms with Crippen LogP contribution in [0.15, 0.2) is 48.5 Å². The van der Waals surface area contributed by atoms with Gasteiger partial charge in [-0.3, -0.25) is 9.59 Å². The van der Waals surface area contributed by atoms with E-state index in [1.54, 1.807) is 25.3 Å². The van der Waals surface area contributed by atoms with Crippen molar-refractivity contribution in [2.45, 2.75) is 19.3 Å². The number of amides is 1. The van der Waals surface area contributed by atoms with E-state index >= 15 is 0 Å². The number of hydrogen-bond acceptors (Lipinski definition) is 5. The average Bonchev–Trinajstić information content (AvgIpc) is 2.67. The van der Waals surface area contributed by atoms with E-state index in [0.29, 0.717) is 17.2 Å². The van der Waals surface area contributed by atoms with Gasteiger partial charge in [0.05, 0.1) is 26.3 Å². The summed E-state index contributed by atoms with van der Waals surface area (Å²) in [6, 6.07) is 14.7. The van der Waals surface area contributed by atoms with Crippen molar-refractivity contribution in [3.8, 4) is 11.5 Å². The number of nitrogens with one attached hydrogen (secondary N) is 1. The van der Waals surface area contributed by atoms with Crippen LogP contribution in [0.2, 0.25) is 0 Å². The summed E-state index contributed by atoms with van der Waals surface area (Å²) >= 11 is 0. The number of methoxy groups -OCH3 is 2. The van der Waals surface area contributed by atoms with Crippen LogP contribution in [0, 0.1) is 0 Å². The van der Waals surface area contributed by atoms with Gasteiger partial charge in [-0.2, -0.15) is 0 Å². The van der Waals surface area contributed by atoms with Crippen LogP contribution in [0.3, 0.4) is 0 Å². The standard InChI is InChI=1S/C20H23NO5/c1-14(15-7-5-4-6-8-15)11-20(23)26-13-19(22)21-17-10-9-16(24-2)12-18(17)25-3/h4-10,12,14H,11,13H2,1-3H3,(H,21,22)/t14-/m0/s1. The summed E-state index contributed by atoms with van der Waals surface area (Å²) in [4.78, 5) is 24.0. The summed E-state index contributed by atoms with van der Waals surface area (Å²) in [7, 11) is 3.04. The smallest absolute Gasteiger partial charge is 0.306 e. The molecule has 0 saturated heterocycles. The molecule has 0 unspecified atom stereocenters. The van der Waals surface area contributed by atoms with Crippen LogP contribution >= 0.6 is 0 Å². The maximum Gasteiger partial charge on any atom is 0.306 e. The minimum atomic E-state index is -0.436. The summed E-state index contributed by atoms with van der Waals surface area (Å²) in [6.07, 6.45) is 0.211. The topological polar surface area (TPSA) is 73.9 Å². The summed E-state index contributed by atoms with van der Waals surface area (Å²) in [5.74, 6) is 0.240. The molecule has 2 aromatic carbocycles. The van der Waals surface area contributed by atoms with Gasteiger partial charge in [0.15, 0.2) is 6.61 Å². The maximum atomic E-state index is 12.0. The number of esters is 1. The Morgan fingerprint density at radius 1 is 1.04 bits per heavy atom. The molecule has 0 bridgehead atoms. The van der Waals surface area contributed by atoms with Gasteiger partial charge in [0.25, 0.3) is 5.91 Å². The number of carbonyl (C=O) groups excluding carboxylic acids is 2. The summed E-state index contributed by atoms with van der Waals surface area (Å²) in [6.45, 7) is 1.59. The first-order valence-electron chi connectivity index (χ1n) is 8.26. The normalized spacial score (nSPS) is 11.3. The Bertz CT molecular complexity index is 745. The van der Waals surface area contributed by atoms with Crippen LogP contribution in [0.1, 0.15) is 24.8 Å². The fourth-order valence-corrected chi connectivity index (χ4v) is 2.44. The Kier molecular flexibility index (Phi) is 7.02. The molecule has 1 N–H and O–H groups in total. The monoisotopic (exact) mass is 357 g/mol. The molecule has 26 heavy (non-hydrogen) atoms. The molecule has 0 saturated carbocycles. The molecule has 2 rings (SSSR count). The van der Waals surface area contributed by atoms with Crippen molar-refractivity contribution in [1.29, 1.82) is 0 Å². The van der Waals surface area contributed by atoms with E-state index in [1.807, 2.05) is 37.3 Å². The zero-order chi connectivity index (χ0) is 18.9. The van der Waals surface area contributed by atoms with Gasteiger partial charge in [-0.25, -0.2) is 0 Å². The molecular formula is C20H23NO5. The van der Waals surface area contributed by atoms with Crippen molar-refractivity contribution in [3.05, 3.63) is 54.1 Å². The lowest BCUT2D eigenvalue weighted by Gasteiger charge is -2.13. The van der Waals surface area contributed by atoms with Crippen LogP contribution in [-0.2, 0) is 14.3 Å². The molecule has 0 radical (unpaired) electrons. The number of carbonyl (C=O) groups is 2. The molecule has 0 aliphatic carbocycles. The predicted octanol–water partition coefficient (Wildman–Crippen LogP) is 3.38. The third-order valence-corrected chi connectivity index (χ3v) is 3.89. The van der Waals surface area contributed by atoms with E-state index in [1.165, 1.54) is 7.11 Å². The second kappa shape index (κ2) is 9.46. The van der Waals surface area contributed by atoms with E-state index in [9.17, 15) is 9.59 Å². The minimum Gasteiger partial charge on any atom is -0.497 e. The van der Waals surface area contributed by atoms with Crippen LogP contribution < -0.4 is 14.8 Å². The molecule has 0 heterocycles. The number of rotatable bonds is 8. The van der Waals surface area contributed by atoms with Crippen molar-refractivity contribution in [2.75, 3.05) is 26.1 Å². The summed E-state index contributed by atoms with van der Waals surface area (Å²) in [5, 5.41) is 2.66. The highest BCUT2D eigenvalue weighted by Crippen LogP contribution is 2.28. The van der Waals surface area contributed by atoms with Crippen molar-refractivity contribution >= 4 is 17.6 Å². The van der Waals surface area contributed by atoms with Gasteiger partial charge < -0.3 is 19.5 Å². The predicted molar refractivity (Wildman–Crippen MR) is 98.6 cm³/mol. The Hall–Kier alpha value is -3.02. The van der Waals surface area contributed by atoms with Crippen LogP contribution in [0.4, 0.5) is 5.69 Å². The van der Waals surface area contributed by atoms with Gasteiger partial charge in [-0.1, -0.05) is 37.3 Å². The number of benzene rings is 2. The number of hydrogen-bond donors (Lipinski definition) is 1. The van der Waals surface area contributed by atoms with Crippen molar-refractivity contribution in [2.24, 2.45) is 0 Å². The zero-order valence-electron chi connectivity index (χ0n) is 15.2. The first-order chi connectivity index (χ1) is 12.5. The molecule has 138 valence electrons. The Morgan fingerprint density at radius 3 is 2.42 bits per heavy atom. The molecule has 6 nitrogen and oxygen atoms in total. The molecule has 1 amide bonds. The van der Waals surface area contributed by atoms with E-state index < -0.39 is 11.9 Å². The summed E-state index contributed by atoms with van der Waals surface area (Å²) < 4.78 is 15.4. The Morgan fingerprint density at radius 2 is 1.77 bits per heavy atom. The SMILES string of the molecule is COc1ccc(NC(=O)COC(=O)C[C@H](C)c2ccccc2)c(OC)c1. The molecule has 2 aromatic rings. The van der Waals surface area contributed by atoms with E-state index in [0.717, 1.165) is 5.56 Å². The first kappa shape index (κ1) is 19.3. The van der Waals surface area contributed by atoms with Crippen molar-refractivity contribution in [1.82, 2.24) is 0 Å². The number of anilines is 1. The van der Waals surface area contributed by atoms with Crippen LogP contribution in [0.25, 0.3) is 0 Å². The van der Waals surface area contributed by atoms with Crippen LogP contribution in [0.5, 0.6) is 11.5 Å². The minimum absolute atomic E-state index is 0.0217. The molecule has 0 aromatic heterocycles. The second-order valence-corrected chi connectivity index (χ2v) is 5.79. The summed E-state index contributed by atoms with van der Waals surface area (Å²) in [5.41, 5.74) is 1.53. The van der Waals surface area contributed by atoms with E-state index in [4.69, 9.17) is 14.2 Å². The highest BCUT2D eigenvalue weighted by Gasteiger charge is 2.15. The molecule has 0 aliphatic heterocycles. The largest absolute Gasteiger partial charge is 0.497 e. The lowest BCUT2D eigenvalue weighted by atomic mass is 9.98. The third kappa shape index (κ3) is 5.51. The Labute approximate surface area is 153 Å². The van der Waals surface area contributed by atoms with Gasteiger partial charge in [-0.05, 0) is 23.6 Å². The first-order valence-corrected chi connectivity index (χ1v) is 8.26. The highest BCUT2D eigenvalue weighted by molar-refractivity contribution is 5.94. The number of ether oxygens (including phenoxy) is 3. The third-order valence-electron chi connectivity index (χ3n) is 3.89. The van der Waals surface area contributed by atoms with Gasteiger partial charge in [-0.15, -0.1) is 0 Å². The van der Waals surface area contributed by atoms with Crippen molar-refractivity contribution in [3.63, 3.8) is 0 Å². The highest BCUT2D eigenvalue weighted by atomic mass is 16.5. The molecular weight excluding hydrogens is 334 g/mol. The fourth-order valence-electron chi connectivity index (χ4n) is 2.44. The fraction of sp³-hybridized carbons (Fsp3) is 0.300. The zero-order valence-corrected chi connectivity index (χ0v) is 15.2. The van der Waals surface area contributed by atoms with Gasteiger partial charge in [0.1, 0.15) is 11.5 Å². The quantitative estimate of drug-likeness (QED) is 0.733.